The van der Waals surface area contributed by atoms with Crippen LogP contribution in [-0.2, 0) is 59.2 Å². The van der Waals surface area contributed by atoms with Crippen molar-refractivity contribution in [3.8, 4) is 0 Å². The van der Waals surface area contributed by atoms with Gasteiger partial charge in [-0.1, -0.05) is 13.8 Å². The topological polar surface area (TPSA) is 420 Å². The Morgan fingerprint density at radius 2 is 1.21 bits per heavy atom. The van der Waals surface area contributed by atoms with Gasteiger partial charge in [-0.05, 0) is 38.2 Å². The van der Waals surface area contributed by atoms with Crippen molar-refractivity contribution < 1.29 is 73.2 Å². The van der Waals surface area contributed by atoms with E-state index in [0.717, 1.165) is 0 Å². The predicted molar refractivity (Wildman–Crippen MR) is 215 cm³/mol. The smallest absolute Gasteiger partial charge is 0.326 e. The summed E-state index contributed by atoms with van der Waals surface area (Å²) in [5.41, 5.74) is 5.83. The summed E-state index contributed by atoms with van der Waals surface area (Å²) in [5.74, 6) is -12.3. The van der Waals surface area contributed by atoms with Crippen molar-refractivity contribution in [1.82, 2.24) is 52.5 Å². The summed E-state index contributed by atoms with van der Waals surface area (Å²) < 4.78 is 0. The molecular formula is C35H55N11O15S. The highest BCUT2D eigenvalue weighted by atomic mass is 32.2. The molecule has 0 saturated heterocycles. The van der Waals surface area contributed by atoms with Crippen LogP contribution < -0.4 is 48.3 Å². The van der Waals surface area contributed by atoms with Gasteiger partial charge in [0.25, 0.3) is 0 Å². The van der Waals surface area contributed by atoms with E-state index in [-0.39, 0.29) is 12.8 Å². The monoisotopic (exact) mass is 901 g/mol. The molecule has 1 rings (SSSR count). The van der Waals surface area contributed by atoms with Crippen LogP contribution in [0.1, 0.15) is 52.7 Å². The average Bonchev–Trinajstić information content (AvgIpc) is 3.71. The van der Waals surface area contributed by atoms with Crippen molar-refractivity contribution in [2.45, 2.75) is 102 Å². The van der Waals surface area contributed by atoms with E-state index in [4.69, 9.17) is 10.8 Å². The molecule has 0 aliphatic heterocycles. The van der Waals surface area contributed by atoms with E-state index in [2.05, 4.69) is 52.5 Å². The Kier molecular flexibility index (Phi) is 23.2. The molecule has 62 heavy (non-hydrogen) atoms. The maximum atomic E-state index is 13.4. The number of carbonyl (C=O) groups excluding carboxylic acids is 8. The third kappa shape index (κ3) is 19.4. The molecular weight excluding hydrogens is 847 g/mol. The number of aromatic nitrogens is 2. The Morgan fingerprint density at radius 1 is 0.677 bits per heavy atom. The van der Waals surface area contributed by atoms with Crippen LogP contribution >= 0.6 is 11.8 Å². The number of imidazole rings is 1. The van der Waals surface area contributed by atoms with Crippen LogP contribution in [0.15, 0.2) is 12.5 Å². The van der Waals surface area contributed by atoms with Crippen molar-refractivity contribution >= 4 is 76.9 Å². The lowest BCUT2D eigenvalue weighted by Crippen LogP contribution is -2.59. The fourth-order valence-corrected chi connectivity index (χ4v) is 5.59. The van der Waals surface area contributed by atoms with Crippen molar-refractivity contribution in [3.63, 3.8) is 0 Å². The highest BCUT2D eigenvalue weighted by molar-refractivity contribution is 7.98. The molecule has 0 radical (unpaired) electrons. The maximum absolute atomic E-state index is 13.4. The highest BCUT2D eigenvalue weighted by Crippen LogP contribution is 2.07. The summed E-state index contributed by atoms with van der Waals surface area (Å²) in [6, 6.07) is -11.7. The number of nitrogens with one attached hydrogen (secondary N) is 9. The number of aromatic amines is 1. The van der Waals surface area contributed by atoms with E-state index in [9.17, 15) is 68.1 Å². The van der Waals surface area contributed by atoms with Gasteiger partial charge in [-0.3, -0.25) is 47.9 Å². The lowest BCUT2D eigenvalue weighted by atomic mass is 10.0. The van der Waals surface area contributed by atoms with Gasteiger partial charge in [0, 0.05) is 18.3 Å². The number of aliphatic hydroxyl groups excluding tert-OH is 1. The van der Waals surface area contributed by atoms with Gasteiger partial charge in [0.05, 0.1) is 38.4 Å². The molecule has 8 amide bonds. The van der Waals surface area contributed by atoms with Crippen molar-refractivity contribution in [3.05, 3.63) is 18.2 Å². The molecule has 0 saturated carbocycles. The number of nitrogens with two attached hydrogens (primary N) is 1. The molecule has 0 spiro atoms. The van der Waals surface area contributed by atoms with E-state index in [1.54, 1.807) is 6.26 Å². The number of carboxylic acids is 3. The molecule has 0 aliphatic rings. The Balaban J connectivity index is 3.00. The summed E-state index contributed by atoms with van der Waals surface area (Å²) in [6.45, 7) is 3.80. The Morgan fingerprint density at radius 3 is 1.73 bits per heavy atom. The van der Waals surface area contributed by atoms with E-state index < -0.39 is 145 Å². The van der Waals surface area contributed by atoms with Crippen LogP contribution in [0.5, 0.6) is 0 Å². The number of nitrogens with zero attached hydrogens (tertiary/aromatic N) is 1. The van der Waals surface area contributed by atoms with Gasteiger partial charge in [0.1, 0.15) is 42.3 Å². The number of hydrogen-bond donors (Lipinski definition) is 14. The molecule has 1 heterocycles. The van der Waals surface area contributed by atoms with Gasteiger partial charge < -0.3 is 73.7 Å². The van der Waals surface area contributed by atoms with Gasteiger partial charge in [-0.2, -0.15) is 11.8 Å². The summed E-state index contributed by atoms with van der Waals surface area (Å²) in [6.07, 6.45) is 2.49. The number of thioether (sulfide) groups is 1. The minimum absolute atomic E-state index is 0.00978. The lowest BCUT2D eigenvalue weighted by Gasteiger charge is -2.25. The van der Waals surface area contributed by atoms with Gasteiger partial charge in [0.15, 0.2) is 0 Å². The van der Waals surface area contributed by atoms with Crippen molar-refractivity contribution in [2.75, 3.05) is 25.2 Å². The fraction of sp³-hybridized carbons (Fsp3) is 0.600. The minimum Gasteiger partial charge on any atom is -0.481 e. The predicted octanol–water partition coefficient (Wildman–Crippen LogP) is -5.74. The first kappa shape index (κ1) is 53.7. The zero-order valence-electron chi connectivity index (χ0n) is 34.5. The quantitative estimate of drug-likeness (QED) is 0.0373. The summed E-state index contributed by atoms with van der Waals surface area (Å²) in [5, 5.41) is 55.5. The second-order valence-corrected chi connectivity index (χ2v) is 15.1. The standard InChI is InChI=1S/C35H55N11O15S/c1-15(2)27(35(60)61)46-33(58)22(10-26(51)52)44-32(57)20(6-7-62-5)42-24(48)12-38-31(56)21(8-18-11-37-14-39-18)43-29(54)17(4)40-28(53)16(3)41-34(59)23(13-47)45-30(55)19(36)9-25(49)50/h11,14-17,19-23,27,47H,6-10,12-13,36H2,1-5H3,(H,37,39)(H,38,56)(H,40,53)(H,41,59)(H,42,48)(H,43,54)(H,44,57)(H,45,55)(H,46,58)(H,49,50)(H,51,52)(H,60,61)/t16-,17-,19-,20-,21-,22-,23-,27-/m0/s1. The second kappa shape index (κ2) is 26.8. The highest BCUT2D eigenvalue weighted by Gasteiger charge is 2.33. The fourth-order valence-electron chi connectivity index (χ4n) is 5.12. The average molecular weight is 902 g/mol. The summed E-state index contributed by atoms with van der Waals surface area (Å²) >= 11 is 1.30. The van der Waals surface area contributed by atoms with E-state index in [0.29, 0.717) is 11.4 Å². The number of amides is 8. The molecule has 346 valence electrons. The Labute approximate surface area is 358 Å². The largest absolute Gasteiger partial charge is 0.481 e. The number of carboxylic acid groups (broad SMARTS) is 3. The number of aliphatic carboxylic acids is 3. The molecule has 0 unspecified atom stereocenters. The molecule has 0 bridgehead atoms. The summed E-state index contributed by atoms with van der Waals surface area (Å²) in [7, 11) is 0. The van der Waals surface area contributed by atoms with E-state index in [1.165, 1.54) is 52.0 Å². The van der Waals surface area contributed by atoms with Gasteiger partial charge in [-0.15, -0.1) is 0 Å². The van der Waals surface area contributed by atoms with Crippen molar-refractivity contribution in [2.24, 2.45) is 11.7 Å². The maximum Gasteiger partial charge on any atom is 0.326 e. The number of hydrogen-bond acceptors (Lipinski definition) is 15. The van der Waals surface area contributed by atoms with Crippen molar-refractivity contribution in [1.29, 1.82) is 0 Å². The molecule has 8 atom stereocenters. The molecule has 0 aromatic carbocycles. The third-order valence-corrected chi connectivity index (χ3v) is 9.23. The van der Waals surface area contributed by atoms with Crippen LogP contribution in [0.25, 0.3) is 0 Å². The third-order valence-electron chi connectivity index (χ3n) is 8.59. The molecule has 0 aliphatic carbocycles. The first-order valence-electron chi connectivity index (χ1n) is 18.9. The summed E-state index contributed by atoms with van der Waals surface area (Å²) in [4.78, 5) is 144. The van der Waals surface area contributed by atoms with Crippen LogP contribution in [0.3, 0.4) is 0 Å². The van der Waals surface area contributed by atoms with Crippen LogP contribution in [-0.4, -0.2) is 169 Å². The molecule has 15 N–H and O–H groups in total. The molecule has 27 heteroatoms. The Bertz CT molecular complexity index is 1760. The SMILES string of the molecule is CSCC[C@H](NC(=O)CNC(=O)[C@H](Cc1cnc[nH]1)NC(=O)[C@H](C)NC(=O)[C@H](C)NC(=O)[C@H](CO)NC(=O)[C@@H](N)CC(=O)O)C(=O)N[C@@H](CC(=O)O)C(=O)N[C@H](C(=O)O)C(C)C. The van der Waals surface area contributed by atoms with Crippen LogP contribution in [0, 0.1) is 5.92 Å². The molecule has 1 aromatic heterocycles. The number of aliphatic hydroxyl groups is 1. The van der Waals surface area contributed by atoms with Gasteiger partial charge >= 0.3 is 17.9 Å². The minimum atomic E-state index is -1.72. The number of carbonyl (C=O) groups is 11. The van der Waals surface area contributed by atoms with E-state index in [1.807, 2.05) is 0 Å². The van der Waals surface area contributed by atoms with Crippen LogP contribution in [0.4, 0.5) is 0 Å². The first-order valence-corrected chi connectivity index (χ1v) is 20.3. The zero-order valence-corrected chi connectivity index (χ0v) is 35.3. The van der Waals surface area contributed by atoms with E-state index >= 15 is 0 Å². The zero-order chi connectivity index (χ0) is 47.3. The van der Waals surface area contributed by atoms with Gasteiger partial charge in [-0.25, -0.2) is 9.78 Å². The number of H-pyrrole nitrogens is 1. The molecule has 0 fully saturated rings. The van der Waals surface area contributed by atoms with Gasteiger partial charge in [0.2, 0.25) is 47.3 Å². The number of rotatable bonds is 28. The second-order valence-electron chi connectivity index (χ2n) is 14.1. The first-order chi connectivity index (χ1) is 29.0. The molecule has 1 aromatic rings. The normalized spacial score (nSPS) is 14.8. The Hall–Kier alpha value is -6.35. The van der Waals surface area contributed by atoms with Crippen LogP contribution in [0.2, 0.25) is 0 Å². The lowest BCUT2D eigenvalue weighted by molar-refractivity contribution is -0.144. The molecule has 26 nitrogen and oxygen atoms in total.